The van der Waals surface area contributed by atoms with E-state index in [2.05, 4.69) is 27.5 Å². The Kier molecular flexibility index (Phi) is 4.48. The van der Waals surface area contributed by atoms with Crippen LogP contribution in [0.1, 0.15) is 24.8 Å². The summed E-state index contributed by atoms with van der Waals surface area (Å²) in [5.74, 6) is 0.222. The lowest BCUT2D eigenvalue weighted by Gasteiger charge is -2.41. The summed E-state index contributed by atoms with van der Waals surface area (Å²) in [6.07, 6.45) is 5.34. The number of aromatic nitrogens is 1. The Balaban J connectivity index is 1.68. The first-order valence-electron chi connectivity index (χ1n) is 7.77. The van der Waals surface area contributed by atoms with E-state index >= 15 is 0 Å². The zero-order valence-electron chi connectivity index (χ0n) is 13.1. The molecule has 0 saturated carbocycles. The Morgan fingerprint density at radius 3 is 2.78 bits per heavy atom. The molecule has 124 valence electrons. The molecule has 7 heteroatoms. The number of rotatable bonds is 4. The van der Waals surface area contributed by atoms with E-state index in [-0.39, 0.29) is 12.3 Å². The smallest absolute Gasteiger partial charge is 0.309 e. The van der Waals surface area contributed by atoms with Crippen LogP contribution in [0.5, 0.6) is 0 Å². The summed E-state index contributed by atoms with van der Waals surface area (Å²) in [6.45, 7) is 1.41. The summed E-state index contributed by atoms with van der Waals surface area (Å²) in [7, 11) is 0. The van der Waals surface area contributed by atoms with Crippen molar-refractivity contribution >= 4 is 29.5 Å². The van der Waals surface area contributed by atoms with Crippen molar-refractivity contribution in [2.75, 3.05) is 24.2 Å². The van der Waals surface area contributed by atoms with E-state index in [9.17, 15) is 14.7 Å². The van der Waals surface area contributed by atoms with Crippen LogP contribution < -0.4 is 10.2 Å². The van der Waals surface area contributed by atoms with Gasteiger partial charge in [-0.15, -0.1) is 0 Å². The maximum Gasteiger partial charge on any atom is 0.309 e. The molecule has 3 rings (SSSR count). The van der Waals surface area contributed by atoms with Crippen molar-refractivity contribution in [2.24, 2.45) is 5.92 Å². The van der Waals surface area contributed by atoms with E-state index in [4.69, 9.17) is 0 Å². The van der Waals surface area contributed by atoms with Crippen LogP contribution in [0, 0.1) is 5.92 Å². The van der Waals surface area contributed by atoms with Crippen LogP contribution in [-0.4, -0.2) is 46.9 Å². The summed E-state index contributed by atoms with van der Waals surface area (Å²) < 4.78 is 0. The molecule has 1 aromatic heterocycles. The minimum absolute atomic E-state index is 0.0942. The molecular formula is C16H21N3O3S. The molecule has 1 atom stereocenters. The third kappa shape index (κ3) is 3.15. The largest absolute Gasteiger partial charge is 0.481 e. The highest BCUT2D eigenvalue weighted by Gasteiger charge is 2.51. The van der Waals surface area contributed by atoms with Gasteiger partial charge in [0.15, 0.2) is 0 Å². The third-order valence-corrected chi connectivity index (χ3v) is 5.46. The first kappa shape index (κ1) is 16.1. The molecule has 1 aromatic rings. The Morgan fingerprint density at radius 2 is 2.22 bits per heavy atom. The predicted molar refractivity (Wildman–Crippen MR) is 89.5 cm³/mol. The molecule has 6 nitrogen and oxygen atoms in total. The van der Waals surface area contributed by atoms with E-state index < -0.39 is 17.4 Å². The molecule has 2 fully saturated rings. The van der Waals surface area contributed by atoms with Gasteiger partial charge in [-0.1, -0.05) is 6.07 Å². The molecular weight excluding hydrogens is 314 g/mol. The van der Waals surface area contributed by atoms with Crippen LogP contribution in [0.4, 0.5) is 5.82 Å². The van der Waals surface area contributed by atoms with E-state index in [0.717, 1.165) is 11.6 Å². The molecule has 1 amide bonds. The van der Waals surface area contributed by atoms with Crippen molar-refractivity contribution in [3.63, 3.8) is 0 Å². The number of aliphatic carboxylic acids is 1. The van der Waals surface area contributed by atoms with Crippen LogP contribution in [0.15, 0.2) is 18.3 Å². The number of carbonyl (C=O) groups excluding carboxylic acids is 1. The van der Waals surface area contributed by atoms with Crippen molar-refractivity contribution in [1.82, 2.24) is 10.3 Å². The highest BCUT2D eigenvalue weighted by Crippen LogP contribution is 2.37. The van der Waals surface area contributed by atoms with Gasteiger partial charge in [0.25, 0.3) is 0 Å². The van der Waals surface area contributed by atoms with Gasteiger partial charge in [0.1, 0.15) is 5.82 Å². The Bertz CT molecular complexity index is 597. The maximum absolute atomic E-state index is 11.7. The number of pyridine rings is 1. The molecule has 1 spiro atoms. The fourth-order valence-electron chi connectivity index (χ4n) is 3.58. The van der Waals surface area contributed by atoms with Gasteiger partial charge < -0.3 is 15.3 Å². The quantitative estimate of drug-likeness (QED) is 0.868. The number of carboxylic acids is 1. The average Bonchev–Trinajstić information content (AvgIpc) is 2.86. The maximum atomic E-state index is 11.7. The Morgan fingerprint density at radius 1 is 1.48 bits per heavy atom. The SMILES string of the molecule is CSCc1ccc(N2CCC3(CC2)NC(=O)C[C@@H]3C(=O)O)nc1. The number of nitrogens with one attached hydrogen (secondary N) is 1. The van der Waals surface area contributed by atoms with E-state index in [1.807, 2.05) is 12.3 Å². The summed E-state index contributed by atoms with van der Waals surface area (Å²) in [5.41, 5.74) is 0.613. The number of nitrogens with zero attached hydrogens (tertiary/aromatic N) is 2. The van der Waals surface area contributed by atoms with Gasteiger partial charge in [0, 0.05) is 31.5 Å². The van der Waals surface area contributed by atoms with Gasteiger partial charge in [-0.05, 0) is 30.7 Å². The van der Waals surface area contributed by atoms with Crippen molar-refractivity contribution in [2.45, 2.75) is 30.6 Å². The number of anilines is 1. The highest BCUT2D eigenvalue weighted by molar-refractivity contribution is 7.97. The van der Waals surface area contributed by atoms with Gasteiger partial charge in [0.05, 0.1) is 11.5 Å². The second kappa shape index (κ2) is 6.39. The molecule has 2 saturated heterocycles. The van der Waals surface area contributed by atoms with Gasteiger partial charge in [-0.2, -0.15) is 11.8 Å². The summed E-state index contributed by atoms with van der Waals surface area (Å²) in [6, 6.07) is 4.10. The van der Waals surface area contributed by atoms with Crippen LogP contribution in [0.2, 0.25) is 0 Å². The average molecular weight is 335 g/mol. The lowest BCUT2D eigenvalue weighted by molar-refractivity contribution is -0.144. The van der Waals surface area contributed by atoms with Gasteiger partial charge in [-0.3, -0.25) is 9.59 Å². The molecule has 0 bridgehead atoms. The number of hydrogen-bond donors (Lipinski definition) is 2. The van der Waals surface area contributed by atoms with Crippen LogP contribution in [-0.2, 0) is 15.3 Å². The summed E-state index contributed by atoms with van der Waals surface area (Å²) in [5, 5.41) is 12.3. The third-order valence-electron chi connectivity index (χ3n) is 4.84. The van der Waals surface area contributed by atoms with Gasteiger partial charge in [0.2, 0.25) is 5.91 Å². The minimum atomic E-state index is -0.878. The first-order chi connectivity index (χ1) is 11.0. The van der Waals surface area contributed by atoms with Crippen molar-refractivity contribution in [3.8, 4) is 0 Å². The van der Waals surface area contributed by atoms with Crippen LogP contribution >= 0.6 is 11.8 Å². The van der Waals surface area contributed by atoms with Crippen molar-refractivity contribution < 1.29 is 14.7 Å². The topological polar surface area (TPSA) is 82.5 Å². The zero-order valence-corrected chi connectivity index (χ0v) is 13.9. The number of carbonyl (C=O) groups is 2. The highest BCUT2D eigenvalue weighted by atomic mass is 32.2. The lowest BCUT2D eigenvalue weighted by atomic mass is 9.78. The molecule has 0 unspecified atom stereocenters. The van der Waals surface area contributed by atoms with Crippen molar-refractivity contribution in [1.29, 1.82) is 0 Å². The molecule has 2 aliphatic heterocycles. The number of amides is 1. The van der Waals surface area contributed by atoms with Crippen LogP contribution in [0.3, 0.4) is 0 Å². The van der Waals surface area contributed by atoms with Crippen LogP contribution in [0.25, 0.3) is 0 Å². The predicted octanol–water partition coefficient (Wildman–Crippen LogP) is 1.50. The monoisotopic (exact) mass is 335 g/mol. The lowest BCUT2D eigenvalue weighted by Crippen LogP contribution is -2.55. The fraction of sp³-hybridized carbons (Fsp3) is 0.562. The fourth-order valence-corrected chi connectivity index (χ4v) is 4.09. The molecule has 23 heavy (non-hydrogen) atoms. The van der Waals surface area contributed by atoms with Gasteiger partial charge >= 0.3 is 5.97 Å². The molecule has 2 N–H and O–H groups in total. The normalized spacial score (nSPS) is 23.1. The zero-order chi connectivity index (χ0) is 16.4. The van der Waals surface area contributed by atoms with E-state index in [0.29, 0.717) is 25.9 Å². The van der Waals surface area contributed by atoms with Crippen molar-refractivity contribution in [3.05, 3.63) is 23.9 Å². The first-order valence-corrected chi connectivity index (χ1v) is 9.16. The molecule has 2 aliphatic rings. The number of piperidine rings is 1. The van der Waals surface area contributed by atoms with Gasteiger partial charge in [-0.25, -0.2) is 4.98 Å². The summed E-state index contributed by atoms with van der Waals surface area (Å²) >= 11 is 1.76. The standard InChI is InChI=1S/C16H21N3O3S/c1-23-10-11-2-3-13(17-9-11)19-6-4-16(5-7-19)12(15(21)22)8-14(20)18-16/h2-3,9,12H,4-8,10H2,1H3,(H,18,20)(H,21,22)/t12-/m1/s1. The number of thioether (sulfide) groups is 1. The minimum Gasteiger partial charge on any atom is -0.481 e. The number of carboxylic acid groups (broad SMARTS) is 1. The molecule has 0 aromatic carbocycles. The molecule has 0 radical (unpaired) electrons. The molecule has 3 heterocycles. The second-order valence-electron chi connectivity index (χ2n) is 6.24. The second-order valence-corrected chi connectivity index (χ2v) is 7.11. The summed E-state index contributed by atoms with van der Waals surface area (Å²) in [4.78, 5) is 29.8. The van der Waals surface area contributed by atoms with E-state index in [1.54, 1.807) is 11.8 Å². The molecule has 0 aliphatic carbocycles. The number of hydrogen-bond acceptors (Lipinski definition) is 5. The Labute approximate surface area is 139 Å². The van der Waals surface area contributed by atoms with E-state index in [1.165, 1.54) is 5.56 Å². The Hall–Kier alpha value is -1.76.